The molecule has 1 rings (SSSR count). The number of carbonyl (C=O) groups excluding carboxylic acids is 1. The van der Waals surface area contributed by atoms with Gasteiger partial charge in [-0.2, -0.15) is 0 Å². The van der Waals surface area contributed by atoms with Crippen molar-refractivity contribution in [2.24, 2.45) is 0 Å². The average molecular weight is 195 g/mol. The van der Waals surface area contributed by atoms with Gasteiger partial charge in [-0.15, -0.1) is 0 Å². The normalized spacial score (nSPS) is 10.1. The lowest BCUT2D eigenvalue weighted by Gasteiger charge is -2.07. The summed E-state index contributed by atoms with van der Waals surface area (Å²) in [6.45, 7) is 1.57. The Bertz CT molecular complexity index is 293. The molecule has 14 heavy (non-hydrogen) atoms. The van der Waals surface area contributed by atoms with Crippen molar-refractivity contribution in [1.82, 2.24) is 15.2 Å². The van der Waals surface area contributed by atoms with Gasteiger partial charge in [0.2, 0.25) is 5.91 Å². The van der Waals surface area contributed by atoms with E-state index in [1.54, 1.807) is 7.05 Å². The molecule has 0 fully saturated rings. The van der Waals surface area contributed by atoms with Crippen LogP contribution in [0.4, 0.5) is 0 Å². The first-order valence-corrected chi connectivity index (χ1v) is 4.77. The SMILES string of the molecule is CNCc1cccn1CCC(=O)NC. The monoisotopic (exact) mass is 195 g/mol. The van der Waals surface area contributed by atoms with Gasteiger partial charge in [0.15, 0.2) is 0 Å². The summed E-state index contributed by atoms with van der Waals surface area (Å²) in [6, 6.07) is 4.05. The van der Waals surface area contributed by atoms with E-state index in [0.717, 1.165) is 13.1 Å². The first kappa shape index (κ1) is 10.8. The molecule has 0 bridgehead atoms. The van der Waals surface area contributed by atoms with E-state index < -0.39 is 0 Å². The Hall–Kier alpha value is -1.29. The van der Waals surface area contributed by atoms with Crippen LogP contribution in [0.1, 0.15) is 12.1 Å². The fourth-order valence-corrected chi connectivity index (χ4v) is 1.36. The Morgan fingerprint density at radius 1 is 1.50 bits per heavy atom. The highest BCUT2D eigenvalue weighted by Crippen LogP contribution is 2.02. The molecule has 0 radical (unpaired) electrons. The van der Waals surface area contributed by atoms with Crippen molar-refractivity contribution in [1.29, 1.82) is 0 Å². The Kier molecular flexibility index (Phi) is 4.19. The summed E-state index contributed by atoms with van der Waals surface area (Å²) in [5, 5.41) is 5.70. The number of amides is 1. The molecule has 4 heteroatoms. The second-order valence-corrected chi connectivity index (χ2v) is 3.15. The molecule has 0 unspecified atom stereocenters. The molecule has 0 saturated heterocycles. The van der Waals surface area contributed by atoms with Crippen LogP contribution in [0.25, 0.3) is 0 Å². The first-order valence-electron chi connectivity index (χ1n) is 4.77. The number of rotatable bonds is 5. The molecule has 0 aromatic carbocycles. The van der Waals surface area contributed by atoms with Crippen LogP contribution in [0, 0.1) is 0 Å². The molecule has 0 spiro atoms. The minimum absolute atomic E-state index is 0.0779. The van der Waals surface area contributed by atoms with Gasteiger partial charge in [-0.05, 0) is 19.2 Å². The van der Waals surface area contributed by atoms with Crippen molar-refractivity contribution >= 4 is 5.91 Å². The Balaban J connectivity index is 2.49. The predicted octanol–water partition coefficient (Wildman–Crippen LogP) is 0.344. The van der Waals surface area contributed by atoms with Gasteiger partial charge in [0.05, 0.1) is 0 Å². The summed E-state index contributed by atoms with van der Waals surface area (Å²) in [6.07, 6.45) is 2.53. The van der Waals surface area contributed by atoms with Crippen LogP contribution in [0.3, 0.4) is 0 Å². The molecule has 0 aliphatic carbocycles. The van der Waals surface area contributed by atoms with Gasteiger partial charge in [-0.25, -0.2) is 0 Å². The summed E-state index contributed by atoms with van der Waals surface area (Å²) in [5.74, 6) is 0.0779. The third-order valence-electron chi connectivity index (χ3n) is 2.14. The number of nitrogens with one attached hydrogen (secondary N) is 2. The fourth-order valence-electron chi connectivity index (χ4n) is 1.36. The summed E-state index contributed by atoms with van der Waals surface area (Å²) < 4.78 is 2.09. The molecule has 0 saturated carbocycles. The van der Waals surface area contributed by atoms with Crippen LogP contribution in [0.15, 0.2) is 18.3 Å². The van der Waals surface area contributed by atoms with Crippen molar-refractivity contribution in [3.63, 3.8) is 0 Å². The van der Waals surface area contributed by atoms with Crippen molar-refractivity contribution in [2.45, 2.75) is 19.5 Å². The average Bonchev–Trinajstić information content (AvgIpc) is 2.62. The van der Waals surface area contributed by atoms with E-state index in [1.807, 2.05) is 19.3 Å². The lowest BCUT2D eigenvalue weighted by molar-refractivity contribution is -0.120. The second-order valence-electron chi connectivity index (χ2n) is 3.15. The highest BCUT2D eigenvalue weighted by Gasteiger charge is 2.02. The smallest absolute Gasteiger partial charge is 0.221 e. The standard InChI is InChI=1S/C10H17N3O/c1-11-8-9-4-3-6-13(9)7-5-10(14)12-2/h3-4,6,11H,5,7-8H2,1-2H3,(H,12,14). The second kappa shape index (κ2) is 5.44. The minimum Gasteiger partial charge on any atom is -0.359 e. The highest BCUT2D eigenvalue weighted by molar-refractivity contribution is 5.75. The van der Waals surface area contributed by atoms with Gasteiger partial charge in [-0.1, -0.05) is 0 Å². The van der Waals surface area contributed by atoms with Crippen LogP contribution in [-0.2, 0) is 17.9 Å². The molecule has 0 aliphatic heterocycles. The molecule has 1 heterocycles. The molecular weight excluding hydrogens is 178 g/mol. The lowest BCUT2D eigenvalue weighted by Crippen LogP contribution is -2.20. The van der Waals surface area contributed by atoms with Crippen LogP contribution >= 0.6 is 0 Å². The lowest BCUT2D eigenvalue weighted by atomic mass is 10.3. The van der Waals surface area contributed by atoms with Crippen molar-refractivity contribution < 1.29 is 4.79 Å². The van der Waals surface area contributed by atoms with Crippen LogP contribution < -0.4 is 10.6 Å². The molecule has 0 aliphatic rings. The van der Waals surface area contributed by atoms with Gasteiger partial charge >= 0.3 is 0 Å². The maximum Gasteiger partial charge on any atom is 0.221 e. The first-order chi connectivity index (χ1) is 6.77. The summed E-state index contributed by atoms with van der Waals surface area (Å²) >= 11 is 0. The van der Waals surface area contributed by atoms with Gasteiger partial charge in [0.1, 0.15) is 0 Å². The molecule has 1 aromatic rings. The number of hydrogen-bond donors (Lipinski definition) is 2. The van der Waals surface area contributed by atoms with Gasteiger partial charge in [-0.3, -0.25) is 4.79 Å². The summed E-state index contributed by atoms with van der Waals surface area (Å²) in [7, 11) is 3.57. The zero-order chi connectivity index (χ0) is 10.4. The molecule has 0 atom stereocenters. The van der Waals surface area contributed by atoms with Crippen LogP contribution in [-0.4, -0.2) is 24.6 Å². The van der Waals surface area contributed by atoms with Gasteiger partial charge in [0, 0.05) is 38.4 Å². The number of carbonyl (C=O) groups is 1. The van der Waals surface area contributed by atoms with Gasteiger partial charge in [0.25, 0.3) is 0 Å². The number of hydrogen-bond acceptors (Lipinski definition) is 2. The molecular formula is C10H17N3O. The minimum atomic E-state index is 0.0779. The molecule has 2 N–H and O–H groups in total. The molecule has 1 aromatic heterocycles. The highest BCUT2D eigenvalue weighted by atomic mass is 16.1. The molecule has 4 nitrogen and oxygen atoms in total. The van der Waals surface area contributed by atoms with E-state index in [-0.39, 0.29) is 5.91 Å². The van der Waals surface area contributed by atoms with Crippen molar-refractivity contribution in [3.05, 3.63) is 24.0 Å². The molecule has 78 valence electrons. The zero-order valence-corrected chi connectivity index (χ0v) is 8.71. The predicted molar refractivity (Wildman–Crippen MR) is 55.9 cm³/mol. The van der Waals surface area contributed by atoms with Gasteiger partial charge < -0.3 is 15.2 Å². The third-order valence-corrected chi connectivity index (χ3v) is 2.14. The van der Waals surface area contributed by atoms with E-state index >= 15 is 0 Å². The summed E-state index contributed by atoms with van der Waals surface area (Å²) in [5.41, 5.74) is 1.21. The summed E-state index contributed by atoms with van der Waals surface area (Å²) in [4.78, 5) is 11.0. The maximum absolute atomic E-state index is 11.0. The van der Waals surface area contributed by atoms with E-state index in [2.05, 4.69) is 21.3 Å². The Morgan fingerprint density at radius 3 is 2.93 bits per heavy atom. The van der Waals surface area contributed by atoms with Crippen molar-refractivity contribution in [2.75, 3.05) is 14.1 Å². The number of nitrogens with zero attached hydrogens (tertiary/aromatic N) is 1. The van der Waals surface area contributed by atoms with E-state index in [9.17, 15) is 4.79 Å². The fraction of sp³-hybridized carbons (Fsp3) is 0.500. The van der Waals surface area contributed by atoms with Crippen molar-refractivity contribution in [3.8, 4) is 0 Å². The topological polar surface area (TPSA) is 46.1 Å². The Morgan fingerprint density at radius 2 is 2.29 bits per heavy atom. The largest absolute Gasteiger partial charge is 0.359 e. The van der Waals surface area contributed by atoms with E-state index in [1.165, 1.54) is 5.69 Å². The van der Waals surface area contributed by atoms with E-state index in [4.69, 9.17) is 0 Å². The van der Waals surface area contributed by atoms with E-state index in [0.29, 0.717) is 6.42 Å². The number of aryl methyl sites for hydroxylation is 1. The Labute approximate surface area is 84.3 Å². The maximum atomic E-state index is 11.0. The third kappa shape index (κ3) is 2.88. The molecule has 1 amide bonds. The van der Waals surface area contributed by atoms with Crippen LogP contribution in [0.5, 0.6) is 0 Å². The quantitative estimate of drug-likeness (QED) is 0.712. The van der Waals surface area contributed by atoms with Crippen LogP contribution in [0.2, 0.25) is 0 Å². The number of aromatic nitrogens is 1. The zero-order valence-electron chi connectivity index (χ0n) is 8.71.